The summed E-state index contributed by atoms with van der Waals surface area (Å²) >= 11 is 0. The normalized spacial score (nSPS) is 10.4. The number of rotatable bonds is 9. The molecule has 0 aliphatic heterocycles. The van der Waals surface area contributed by atoms with E-state index in [4.69, 9.17) is 14.2 Å². The van der Waals surface area contributed by atoms with Crippen LogP contribution in [0.15, 0.2) is 54.6 Å². The van der Waals surface area contributed by atoms with Crippen molar-refractivity contribution in [2.75, 3.05) is 26.2 Å². The first-order valence-electron chi connectivity index (χ1n) is 9.28. The van der Waals surface area contributed by atoms with Crippen LogP contribution >= 0.6 is 0 Å². The number of carbonyl (C=O) groups excluding carboxylic acids is 1. The highest BCUT2D eigenvalue weighted by Gasteiger charge is 2.19. The van der Waals surface area contributed by atoms with E-state index in [1.54, 1.807) is 19.1 Å². The molecule has 6 nitrogen and oxygen atoms in total. The molecule has 7 heteroatoms. The minimum Gasteiger partial charge on any atom is -0.497 e. The first-order chi connectivity index (χ1) is 14.6. The van der Waals surface area contributed by atoms with Crippen molar-refractivity contribution in [2.45, 2.75) is 13.1 Å². The van der Waals surface area contributed by atoms with Gasteiger partial charge < -0.3 is 19.1 Å². The number of carbonyl (C=O) groups is 1. The van der Waals surface area contributed by atoms with Gasteiger partial charge in [0.2, 0.25) is 5.88 Å². The highest BCUT2D eigenvalue weighted by atomic mass is 19.1. The van der Waals surface area contributed by atoms with Crippen LogP contribution in [0.5, 0.6) is 17.4 Å². The number of ether oxygens (including phenoxy) is 3. The lowest BCUT2D eigenvalue weighted by Gasteiger charge is -2.25. The summed E-state index contributed by atoms with van der Waals surface area (Å²) in [5, 5.41) is 0. The SMILES string of the molecule is COc1ccc(CN(Cc2ccc(OC)cc2)c2nc(OC)c(C=O)cc2F)cc1. The number of anilines is 1. The molecule has 1 aromatic heterocycles. The number of hydrogen-bond acceptors (Lipinski definition) is 6. The molecule has 1 heterocycles. The fourth-order valence-electron chi connectivity index (χ4n) is 3.05. The number of aromatic nitrogens is 1. The zero-order valence-corrected chi connectivity index (χ0v) is 17.1. The van der Waals surface area contributed by atoms with Gasteiger partial charge in [0.15, 0.2) is 17.9 Å². The van der Waals surface area contributed by atoms with Gasteiger partial charge in [-0.15, -0.1) is 0 Å². The Morgan fingerprint density at radius 1 is 0.867 bits per heavy atom. The Balaban J connectivity index is 1.98. The molecular weight excluding hydrogens is 387 g/mol. The second kappa shape index (κ2) is 9.73. The molecule has 2 aromatic carbocycles. The van der Waals surface area contributed by atoms with Crippen LogP contribution in [0, 0.1) is 5.82 Å². The molecule has 0 aliphatic rings. The third kappa shape index (κ3) is 4.86. The number of methoxy groups -OCH3 is 3. The molecule has 30 heavy (non-hydrogen) atoms. The van der Waals surface area contributed by atoms with Gasteiger partial charge in [0, 0.05) is 13.1 Å². The van der Waals surface area contributed by atoms with E-state index in [9.17, 15) is 9.18 Å². The largest absolute Gasteiger partial charge is 0.497 e. The number of pyridine rings is 1. The molecule has 0 atom stereocenters. The fraction of sp³-hybridized carbons (Fsp3) is 0.217. The third-order valence-corrected chi connectivity index (χ3v) is 4.64. The Labute approximate surface area is 174 Å². The standard InChI is InChI=1S/C23H23FN2O4/c1-28-19-8-4-16(5-9-19)13-26(14-17-6-10-20(29-2)11-7-17)22-21(24)12-18(15-27)23(25-22)30-3/h4-12,15H,13-14H2,1-3H3. The van der Waals surface area contributed by atoms with Crippen molar-refractivity contribution in [1.82, 2.24) is 4.98 Å². The molecule has 3 rings (SSSR count). The van der Waals surface area contributed by atoms with Crippen molar-refractivity contribution in [3.05, 3.63) is 77.1 Å². The average molecular weight is 410 g/mol. The van der Waals surface area contributed by atoms with E-state index in [2.05, 4.69) is 4.98 Å². The summed E-state index contributed by atoms with van der Waals surface area (Å²) < 4.78 is 30.5. The number of halogens is 1. The van der Waals surface area contributed by atoms with E-state index in [1.807, 2.05) is 48.5 Å². The third-order valence-electron chi connectivity index (χ3n) is 4.64. The lowest BCUT2D eigenvalue weighted by molar-refractivity contribution is 0.111. The minimum absolute atomic E-state index is 0.0626. The van der Waals surface area contributed by atoms with Crippen LogP contribution in [0.3, 0.4) is 0 Å². The van der Waals surface area contributed by atoms with Crippen molar-refractivity contribution in [3.63, 3.8) is 0 Å². The molecule has 0 radical (unpaired) electrons. The van der Waals surface area contributed by atoms with Crippen LogP contribution in [-0.4, -0.2) is 32.6 Å². The average Bonchev–Trinajstić information content (AvgIpc) is 2.79. The Bertz CT molecular complexity index is 942. The molecule has 0 saturated carbocycles. The summed E-state index contributed by atoms with van der Waals surface area (Å²) in [7, 11) is 4.60. The predicted molar refractivity (Wildman–Crippen MR) is 112 cm³/mol. The molecular formula is C23H23FN2O4. The van der Waals surface area contributed by atoms with Crippen molar-refractivity contribution in [1.29, 1.82) is 0 Å². The lowest BCUT2D eigenvalue weighted by atomic mass is 10.1. The highest BCUT2D eigenvalue weighted by Crippen LogP contribution is 2.27. The maximum atomic E-state index is 14.9. The first-order valence-corrected chi connectivity index (χ1v) is 9.28. The molecule has 3 aromatic rings. The molecule has 0 saturated heterocycles. The number of benzene rings is 2. The summed E-state index contributed by atoms with van der Waals surface area (Å²) in [5.74, 6) is 1.06. The van der Waals surface area contributed by atoms with Crippen LogP contribution in [0.4, 0.5) is 10.2 Å². The zero-order chi connectivity index (χ0) is 21.5. The Morgan fingerprint density at radius 2 is 1.37 bits per heavy atom. The van der Waals surface area contributed by atoms with Crippen LogP contribution in [0.2, 0.25) is 0 Å². The van der Waals surface area contributed by atoms with E-state index in [0.29, 0.717) is 19.4 Å². The molecule has 0 fully saturated rings. The Morgan fingerprint density at radius 3 is 1.77 bits per heavy atom. The minimum atomic E-state index is -0.597. The lowest BCUT2D eigenvalue weighted by Crippen LogP contribution is -2.24. The summed E-state index contributed by atoms with van der Waals surface area (Å²) in [6.45, 7) is 0.785. The molecule has 0 N–H and O–H groups in total. The highest BCUT2D eigenvalue weighted by molar-refractivity contribution is 5.79. The smallest absolute Gasteiger partial charge is 0.226 e. The van der Waals surface area contributed by atoms with Crippen LogP contribution in [-0.2, 0) is 13.1 Å². The molecule has 156 valence electrons. The van der Waals surface area contributed by atoms with Gasteiger partial charge in [-0.25, -0.2) is 4.39 Å². The molecule has 0 amide bonds. The maximum absolute atomic E-state index is 14.9. The molecule has 0 aliphatic carbocycles. The van der Waals surface area contributed by atoms with Gasteiger partial charge in [0.05, 0.1) is 26.9 Å². The first kappa shape index (κ1) is 21.1. The van der Waals surface area contributed by atoms with E-state index in [0.717, 1.165) is 28.7 Å². The predicted octanol–water partition coefficient (Wildman–Crippen LogP) is 4.27. The zero-order valence-electron chi connectivity index (χ0n) is 17.1. The van der Waals surface area contributed by atoms with Gasteiger partial charge in [-0.3, -0.25) is 4.79 Å². The number of nitrogens with zero attached hydrogens (tertiary/aromatic N) is 2. The van der Waals surface area contributed by atoms with Gasteiger partial charge in [0.1, 0.15) is 11.5 Å². The second-order valence-electron chi connectivity index (χ2n) is 6.56. The summed E-state index contributed by atoms with van der Waals surface area (Å²) in [6.07, 6.45) is 0.524. The van der Waals surface area contributed by atoms with Gasteiger partial charge in [-0.2, -0.15) is 4.98 Å². The van der Waals surface area contributed by atoms with Crippen LogP contribution in [0.1, 0.15) is 21.5 Å². The van der Waals surface area contributed by atoms with E-state index < -0.39 is 5.82 Å². The van der Waals surface area contributed by atoms with E-state index in [-0.39, 0.29) is 17.3 Å². The quantitative estimate of drug-likeness (QED) is 0.491. The monoisotopic (exact) mass is 410 g/mol. The van der Waals surface area contributed by atoms with Crippen molar-refractivity contribution < 1.29 is 23.4 Å². The number of aldehydes is 1. The van der Waals surface area contributed by atoms with E-state index in [1.165, 1.54) is 7.11 Å². The molecule has 0 unspecified atom stereocenters. The van der Waals surface area contributed by atoms with Gasteiger partial charge in [-0.05, 0) is 41.5 Å². The fourth-order valence-corrected chi connectivity index (χ4v) is 3.05. The summed E-state index contributed by atoms with van der Waals surface area (Å²) in [6, 6.07) is 16.2. The van der Waals surface area contributed by atoms with E-state index >= 15 is 0 Å². The Hall–Kier alpha value is -3.61. The molecule has 0 bridgehead atoms. The summed E-state index contributed by atoms with van der Waals surface area (Å²) in [4.78, 5) is 17.3. The van der Waals surface area contributed by atoms with Crippen molar-refractivity contribution >= 4 is 12.1 Å². The summed E-state index contributed by atoms with van der Waals surface area (Å²) in [5.41, 5.74) is 1.96. The maximum Gasteiger partial charge on any atom is 0.226 e. The van der Waals surface area contributed by atoms with Crippen LogP contribution < -0.4 is 19.1 Å². The number of hydrogen-bond donors (Lipinski definition) is 0. The Kier molecular flexibility index (Phi) is 6.85. The second-order valence-corrected chi connectivity index (χ2v) is 6.56. The van der Waals surface area contributed by atoms with Gasteiger partial charge >= 0.3 is 0 Å². The van der Waals surface area contributed by atoms with Crippen molar-refractivity contribution in [3.8, 4) is 17.4 Å². The van der Waals surface area contributed by atoms with Gasteiger partial charge in [-0.1, -0.05) is 24.3 Å². The van der Waals surface area contributed by atoms with Gasteiger partial charge in [0.25, 0.3) is 0 Å². The van der Waals surface area contributed by atoms with Crippen LogP contribution in [0.25, 0.3) is 0 Å². The molecule has 0 spiro atoms. The topological polar surface area (TPSA) is 60.9 Å². The van der Waals surface area contributed by atoms with Crippen molar-refractivity contribution in [2.24, 2.45) is 0 Å².